The van der Waals surface area contributed by atoms with E-state index in [0.717, 1.165) is 17.4 Å². The first-order valence-corrected chi connectivity index (χ1v) is 17.7. The fraction of sp³-hybridized carbons (Fsp3) is 0.257. The molecule has 2 aromatic heterocycles. The van der Waals surface area contributed by atoms with Crippen LogP contribution in [0, 0.1) is 5.92 Å². The van der Waals surface area contributed by atoms with Gasteiger partial charge in [-0.1, -0.05) is 91.5 Å². The first kappa shape index (κ1) is 31.8. The van der Waals surface area contributed by atoms with Gasteiger partial charge in [-0.25, -0.2) is 0 Å². The summed E-state index contributed by atoms with van der Waals surface area (Å²) in [6, 6.07) is 22.3. The van der Waals surface area contributed by atoms with Gasteiger partial charge in [0.05, 0.1) is 29.7 Å². The van der Waals surface area contributed by atoms with Crippen LogP contribution in [0.2, 0.25) is 0 Å². The Bertz CT molecular complexity index is 1900. The Kier molecular flexibility index (Phi) is 9.72. The first-order chi connectivity index (χ1) is 22.4. The minimum Gasteiger partial charge on any atom is -0.503 e. The molecule has 46 heavy (non-hydrogen) atoms. The standard InChI is InChI=1S/C35H33N3O5S3/c1-4-42-27-19-23(14-15-26(27)43-17-16-21(2)3)30-29(31(39)28-13-8-18-44-28)32(40)33(41)38(30)34-36-37-35(46-34)45-20-24-11-7-10-22-9-5-6-12-25(22)24/h5-15,18-19,21,30,40H,4,16-17,20H2,1-3H3. The highest BCUT2D eigenvalue weighted by Crippen LogP contribution is 2.46. The summed E-state index contributed by atoms with van der Waals surface area (Å²) in [4.78, 5) is 29.3. The lowest BCUT2D eigenvalue weighted by Crippen LogP contribution is -2.31. The SMILES string of the molecule is CCOc1cc(C2C(C(=O)c3cccs3)=C(O)C(=O)N2c2nnc(SCc3cccc4ccccc34)s2)ccc1OCCC(C)C. The number of hydrogen-bond donors (Lipinski definition) is 1. The van der Waals surface area contributed by atoms with Crippen molar-refractivity contribution in [3.05, 3.63) is 106 Å². The summed E-state index contributed by atoms with van der Waals surface area (Å²) in [6.07, 6.45) is 0.881. The molecule has 0 saturated carbocycles. The maximum Gasteiger partial charge on any atom is 0.296 e. The summed E-state index contributed by atoms with van der Waals surface area (Å²) < 4.78 is 12.7. The van der Waals surface area contributed by atoms with E-state index in [2.05, 4.69) is 48.3 Å². The maximum absolute atomic E-state index is 13.8. The van der Waals surface area contributed by atoms with E-state index < -0.39 is 23.5 Å². The highest BCUT2D eigenvalue weighted by molar-refractivity contribution is 8.00. The summed E-state index contributed by atoms with van der Waals surface area (Å²) in [5.41, 5.74) is 1.73. The van der Waals surface area contributed by atoms with Crippen molar-refractivity contribution in [1.82, 2.24) is 10.2 Å². The molecular weight excluding hydrogens is 639 g/mol. The van der Waals surface area contributed by atoms with Crippen molar-refractivity contribution in [2.75, 3.05) is 18.1 Å². The van der Waals surface area contributed by atoms with E-state index in [1.54, 1.807) is 35.7 Å². The van der Waals surface area contributed by atoms with Crippen molar-refractivity contribution < 1.29 is 24.2 Å². The fourth-order valence-electron chi connectivity index (χ4n) is 5.29. The Morgan fingerprint density at radius 3 is 2.63 bits per heavy atom. The normalized spacial score (nSPS) is 14.9. The van der Waals surface area contributed by atoms with Crippen LogP contribution in [0.15, 0.2) is 93.8 Å². The summed E-state index contributed by atoms with van der Waals surface area (Å²) >= 11 is 4.02. The molecule has 0 fully saturated rings. The maximum atomic E-state index is 13.8. The van der Waals surface area contributed by atoms with Gasteiger partial charge in [0.25, 0.3) is 5.91 Å². The molecule has 5 aromatic rings. The van der Waals surface area contributed by atoms with Gasteiger partial charge < -0.3 is 14.6 Å². The van der Waals surface area contributed by atoms with E-state index in [-0.39, 0.29) is 10.7 Å². The molecule has 1 N–H and O–H groups in total. The lowest BCUT2D eigenvalue weighted by molar-refractivity contribution is -0.117. The fourth-order valence-corrected chi connectivity index (χ4v) is 7.84. The van der Waals surface area contributed by atoms with Gasteiger partial charge in [-0.15, -0.1) is 21.5 Å². The number of amides is 1. The molecule has 11 heteroatoms. The molecule has 3 heterocycles. The quantitative estimate of drug-likeness (QED) is 0.0754. The third-order valence-electron chi connectivity index (χ3n) is 7.57. The van der Waals surface area contributed by atoms with Gasteiger partial charge in [0.1, 0.15) is 0 Å². The third kappa shape index (κ3) is 6.53. The van der Waals surface area contributed by atoms with Gasteiger partial charge in [-0.2, -0.15) is 0 Å². The van der Waals surface area contributed by atoms with Gasteiger partial charge in [-0.05, 0) is 64.7 Å². The lowest BCUT2D eigenvalue weighted by Gasteiger charge is -2.25. The van der Waals surface area contributed by atoms with Crippen LogP contribution in [0.1, 0.15) is 54.0 Å². The second kappa shape index (κ2) is 14.1. The number of ether oxygens (including phenoxy) is 2. The number of fused-ring (bicyclic) bond motifs is 1. The molecule has 1 unspecified atom stereocenters. The van der Waals surface area contributed by atoms with E-state index in [9.17, 15) is 14.7 Å². The number of nitrogens with zero attached hydrogens (tertiary/aromatic N) is 3. The predicted octanol–water partition coefficient (Wildman–Crippen LogP) is 8.65. The number of aliphatic hydroxyl groups is 1. The van der Waals surface area contributed by atoms with Crippen molar-refractivity contribution in [2.45, 2.75) is 43.3 Å². The van der Waals surface area contributed by atoms with Crippen molar-refractivity contribution in [3.63, 3.8) is 0 Å². The summed E-state index contributed by atoms with van der Waals surface area (Å²) in [7, 11) is 0. The van der Waals surface area contributed by atoms with E-state index in [0.29, 0.717) is 51.2 Å². The molecule has 0 saturated heterocycles. The Morgan fingerprint density at radius 2 is 1.85 bits per heavy atom. The van der Waals surface area contributed by atoms with E-state index in [4.69, 9.17) is 9.47 Å². The second-order valence-corrected chi connectivity index (χ2v) is 14.2. The van der Waals surface area contributed by atoms with Crippen LogP contribution in [0.3, 0.4) is 0 Å². The van der Waals surface area contributed by atoms with Crippen LogP contribution in [0.4, 0.5) is 5.13 Å². The van der Waals surface area contributed by atoms with Crippen LogP contribution in [0.5, 0.6) is 11.5 Å². The highest BCUT2D eigenvalue weighted by Gasteiger charge is 2.46. The summed E-state index contributed by atoms with van der Waals surface area (Å²) in [5, 5.41) is 24.4. The number of rotatable bonds is 13. The Morgan fingerprint density at radius 1 is 1.02 bits per heavy atom. The summed E-state index contributed by atoms with van der Waals surface area (Å²) in [6.45, 7) is 7.07. The molecule has 1 aliphatic heterocycles. The van der Waals surface area contributed by atoms with Crippen LogP contribution in [-0.2, 0) is 10.5 Å². The van der Waals surface area contributed by atoms with Crippen LogP contribution < -0.4 is 14.4 Å². The summed E-state index contributed by atoms with van der Waals surface area (Å²) in [5.74, 6) is 0.487. The average molecular weight is 672 g/mol. The van der Waals surface area contributed by atoms with Gasteiger partial charge in [0.2, 0.25) is 10.9 Å². The van der Waals surface area contributed by atoms with Crippen molar-refractivity contribution in [2.24, 2.45) is 5.92 Å². The molecule has 0 aliphatic carbocycles. The van der Waals surface area contributed by atoms with Crippen LogP contribution in [-0.4, -0.2) is 40.2 Å². The Balaban J connectivity index is 1.34. The number of benzene rings is 3. The van der Waals surface area contributed by atoms with Gasteiger partial charge in [0.15, 0.2) is 21.6 Å². The monoisotopic (exact) mass is 671 g/mol. The molecule has 8 nitrogen and oxygen atoms in total. The van der Waals surface area contributed by atoms with Crippen molar-refractivity contribution in [1.29, 1.82) is 0 Å². The number of aromatic nitrogens is 2. The second-order valence-electron chi connectivity index (χ2n) is 11.1. The number of thiophene rings is 1. The number of anilines is 1. The zero-order valence-corrected chi connectivity index (χ0v) is 28.1. The van der Waals surface area contributed by atoms with Crippen molar-refractivity contribution >= 4 is 62.0 Å². The smallest absolute Gasteiger partial charge is 0.296 e. The van der Waals surface area contributed by atoms with E-state index in [1.807, 2.05) is 25.1 Å². The zero-order valence-electron chi connectivity index (χ0n) is 25.6. The van der Waals surface area contributed by atoms with E-state index in [1.165, 1.54) is 44.7 Å². The first-order valence-electron chi connectivity index (χ1n) is 15.0. The number of carbonyl (C=O) groups is 2. The average Bonchev–Trinajstić information content (AvgIpc) is 3.81. The molecule has 1 amide bonds. The molecule has 236 valence electrons. The molecule has 0 spiro atoms. The number of aliphatic hydroxyl groups excluding tert-OH is 1. The van der Waals surface area contributed by atoms with Crippen LogP contribution >= 0.6 is 34.4 Å². The minimum atomic E-state index is -0.949. The minimum absolute atomic E-state index is 0.0106. The zero-order chi connectivity index (χ0) is 32.2. The largest absolute Gasteiger partial charge is 0.503 e. The predicted molar refractivity (Wildman–Crippen MR) is 185 cm³/mol. The van der Waals surface area contributed by atoms with Crippen molar-refractivity contribution in [3.8, 4) is 11.5 Å². The van der Waals surface area contributed by atoms with Gasteiger partial charge >= 0.3 is 0 Å². The number of thioether (sulfide) groups is 1. The van der Waals surface area contributed by atoms with Gasteiger partial charge in [0, 0.05) is 5.75 Å². The Labute approximate surface area is 279 Å². The van der Waals surface area contributed by atoms with Gasteiger partial charge in [-0.3, -0.25) is 14.5 Å². The molecule has 1 aliphatic rings. The molecule has 0 radical (unpaired) electrons. The molecular formula is C35H33N3O5S3. The molecule has 1 atom stereocenters. The third-order valence-corrected chi connectivity index (χ3v) is 10.5. The number of carbonyl (C=O) groups excluding carboxylic acids is 2. The molecule has 0 bridgehead atoms. The molecule has 6 rings (SSSR count). The number of hydrogen-bond acceptors (Lipinski definition) is 10. The topological polar surface area (TPSA) is 102 Å². The Hall–Kier alpha value is -4.19. The lowest BCUT2D eigenvalue weighted by atomic mass is 9.95. The molecule has 3 aromatic carbocycles. The van der Waals surface area contributed by atoms with E-state index >= 15 is 0 Å². The van der Waals surface area contributed by atoms with Crippen LogP contribution in [0.25, 0.3) is 10.8 Å². The highest BCUT2D eigenvalue weighted by atomic mass is 32.2. The number of Topliss-reactive ketones (excluding diaryl/α,β-unsaturated/α-hetero) is 1. The number of ketones is 1.